The van der Waals surface area contributed by atoms with Crippen LogP contribution in [0.25, 0.3) is 0 Å². The lowest BCUT2D eigenvalue weighted by Crippen LogP contribution is -2.39. The number of aryl methyl sites for hydroxylation is 2. The Balaban J connectivity index is 0.00000408. The number of aromatic nitrogens is 3. The summed E-state index contributed by atoms with van der Waals surface area (Å²) < 4.78 is 8.19. The van der Waals surface area contributed by atoms with Gasteiger partial charge in [0.25, 0.3) is 0 Å². The van der Waals surface area contributed by atoms with Crippen LogP contribution in [-0.4, -0.2) is 26.3 Å². The minimum Gasteiger partial charge on any atom is -0.488 e. The van der Waals surface area contributed by atoms with E-state index in [1.807, 2.05) is 36.7 Å². The largest absolute Gasteiger partial charge is 0.488 e. The average Bonchev–Trinajstić information content (AvgIpc) is 3.08. The van der Waals surface area contributed by atoms with Gasteiger partial charge in [-0.05, 0) is 58.7 Å². The highest BCUT2D eigenvalue weighted by atomic mass is 127. The van der Waals surface area contributed by atoms with Crippen molar-refractivity contribution in [3.63, 3.8) is 0 Å². The number of hydrogen-bond acceptors (Lipinski definition) is 4. The van der Waals surface area contributed by atoms with Crippen molar-refractivity contribution in [3.8, 4) is 5.75 Å². The summed E-state index contributed by atoms with van der Waals surface area (Å²) in [5.74, 6) is 3.29. The molecule has 0 fully saturated rings. The number of rotatable bonds is 7. The van der Waals surface area contributed by atoms with Crippen LogP contribution in [0.15, 0.2) is 53.5 Å². The number of benzene rings is 2. The zero-order valence-corrected chi connectivity index (χ0v) is 23.5. The smallest absolute Gasteiger partial charge is 0.192 e. The number of halogens is 1. The summed E-state index contributed by atoms with van der Waals surface area (Å²) in [6.45, 7) is 13.3. The first-order valence-corrected chi connectivity index (χ1v) is 11.4. The van der Waals surface area contributed by atoms with Crippen LogP contribution in [-0.2, 0) is 20.1 Å². The molecule has 1 atom stereocenters. The van der Waals surface area contributed by atoms with Gasteiger partial charge in [0.1, 0.15) is 17.2 Å². The first-order chi connectivity index (χ1) is 15.6. The Labute approximate surface area is 220 Å². The molecule has 3 rings (SSSR count). The molecule has 7 nitrogen and oxygen atoms in total. The van der Waals surface area contributed by atoms with Crippen LogP contribution in [0.5, 0.6) is 5.75 Å². The molecule has 1 aromatic heterocycles. The Hall–Kier alpha value is -2.62. The summed E-state index contributed by atoms with van der Waals surface area (Å²) in [5.41, 5.74) is 3.11. The van der Waals surface area contributed by atoms with E-state index in [1.54, 1.807) is 0 Å². The number of aliphatic imine (C=N–C) groups is 1. The average molecular weight is 577 g/mol. The molecule has 0 aliphatic carbocycles. The fourth-order valence-electron chi connectivity index (χ4n) is 3.33. The Morgan fingerprint density at radius 1 is 1.09 bits per heavy atom. The van der Waals surface area contributed by atoms with E-state index < -0.39 is 0 Å². The van der Waals surface area contributed by atoms with E-state index >= 15 is 0 Å². The molecule has 0 spiro atoms. The van der Waals surface area contributed by atoms with Crippen LogP contribution in [0, 0.1) is 13.8 Å². The highest BCUT2D eigenvalue weighted by Crippen LogP contribution is 2.25. The van der Waals surface area contributed by atoms with E-state index in [2.05, 4.69) is 85.8 Å². The predicted octanol–water partition coefficient (Wildman–Crippen LogP) is 5.22. The molecule has 0 bridgehead atoms. The normalized spacial score (nSPS) is 12.6. The van der Waals surface area contributed by atoms with Gasteiger partial charge in [-0.25, -0.2) is 4.99 Å². The molecular weight excluding hydrogens is 539 g/mol. The molecule has 3 aromatic rings. The topological polar surface area (TPSA) is 76.4 Å². The van der Waals surface area contributed by atoms with E-state index in [1.165, 1.54) is 5.56 Å². The molecule has 8 heteroatoms. The molecule has 0 radical (unpaired) electrons. The van der Waals surface area contributed by atoms with Gasteiger partial charge in [0.15, 0.2) is 11.8 Å². The fourth-order valence-corrected chi connectivity index (χ4v) is 3.33. The van der Waals surface area contributed by atoms with Crippen LogP contribution in [0.2, 0.25) is 0 Å². The monoisotopic (exact) mass is 576 g/mol. The number of hydrogen-bond donors (Lipinski definition) is 2. The van der Waals surface area contributed by atoms with Crippen LogP contribution >= 0.6 is 24.0 Å². The Kier molecular flexibility index (Phi) is 9.90. The number of guanidine groups is 1. The number of nitrogens with one attached hydrogen (secondary N) is 2. The van der Waals surface area contributed by atoms with Gasteiger partial charge in [-0.1, -0.05) is 42.5 Å². The van der Waals surface area contributed by atoms with Crippen LogP contribution in [0.3, 0.4) is 0 Å². The van der Waals surface area contributed by atoms with E-state index in [0.717, 1.165) is 28.5 Å². The van der Waals surface area contributed by atoms with E-state index in [-0.39, 0.29) is 35.6 Å². The van der Waals surface area contributed by atoms with E-state index in [9.17, 15) is 0 Å². The molecule has 2 aromatic carbocycles. The van der Waals surface area contributed by atoms with Crippen LogP contribution in [0.1, 0.15) is 62.1 Å². The molecule has 0 aliphatic heterocycles. The maximum Gasteiger partial charge on any atom is 0.192 e. The van der Waals surface area contributed by atoms with Gasteiger partial charge in [-0.15, -0.1) is 34.2 Å². The SMILES string of the molecule is Cc1ccc(CN=C(NCc2nnc(C)n2C)NC(C)c2ccccc2)c(OC(C)(C)C)c1.I. The highest BCUT2D eigenvalue weighted by molar-refractivity contribution is 14.0. The summed E-state index contributed by atoms with van der Waals surface area (Å²) in [6, 6.07) is 16.7. The van der Waals surface area contributed by atoms with Crippen LogP contribution < -0.4 is 15.4 Å². The third-order valence-electron chi connectivity index (χ3n) is 5.30. The second-order valence-electron chi connectivity index (χ2n) is 9.34. The molecule has 0 amide bonds. The molecule has 1 heterocycles. The summed E-state index contributed by atoms with van der Waals surface area (Å²) >= 11 is 0. The second-order valence-corrected chi connectivity index (χ2v) is 9.34. The van der Waals surface area contributed by atoms with Crippen molar-refractivity contribution in [2.75, 3.05) is 0 Å². The molecule has 0 aliphatic rings. The summed E-state index contributed by atoms with van der Waals surface area (Å²) in [6.07, 6.45) is 0. The minimum atomic E-state index is -0.281. The summed E-state index contributed by atoms with van der Waals surface area (Å²) in [7, 11) is 1.96. The molecule has 2 N–H and O–H groups in total. The number of ether oxygens (including phenoxy) is 1. The fraction of sp³-hybridized carbons (Fsp3) is 0.423. The second kappa shape index (κ2) is 12.2. The van der Waals surface area contributed by atoms with Gasteiger partial charge in [0, 0.05) is 12.6 Å². The van der Waals surface area contributed by atoms with Gasteiger partial charge >= 0.3 is 0 Å². The standard InChI is InChI=1S/C26H36N6O.HI/c1-18-13-14-22(23(15-18)33-26(4,5)6)16-27-25(28-17-24-31-30-20(3)32(24)7)29-19(2)21-11-9-8-10-12-21;/h8-15,19H,16-17H2,1-7H3,(H2,27,28,29);1H. The molecule has 0 saturated heterocycles. The summed E-state index contributed by atoms with van der Waals surface area (Å²) in [4.78, 5) is 4.89. The molecule has 34 heavy (non-hydrogen) atoms. The molecular formula is C26H37IN6O. The van der Waals surface area contributed by atoms with Crippen molar-refractivity contribution in [1.29, 1.82) is 0 Å². The first kappa shape index (κ1) is 27.6. The zero-order chi connectivity index (χ0) is 24.0. The van der Waals surface area contributed by atoms with Gasteiger partial charge in [-0.3, -0.25) is 0 Å². The Morgan fingerprint density at radius 3 is 2.41 bits per heavy atom. The van der Waals surface area contributed by atoms with Crippen molar-refractivity contribution in [1.82, 2.24) is 25.4 Å². The van der Waals surface area contributed by atoms with E-state index in [4.69, 9.17) is 9.73 Å². The zero-order valence-electron chi connectivity index (χ0n) is 21.2. The highest BCUT2D eigenvalue weighted by Gasteiger charge is 2.16. The third-order valence-corrected chi connectivity index (χ3v) is 5.30. The molecule has 0 saturated carbocycles. The lowest BCUT2D eigenvalue weighted by Gasteiger charge is -2.23. The quantitative estimate of drug-likeness (QED) is 0.229. The van der Waals surface area contributed by atoms with Gasteiger partial charge in [0.05, 0.1) is 19.1 Å². The van der Waals surface area contributed by atoms with Crippen molar-refractivity contribution in [2.24, 2.45) is 12.0 Å². The van der Waals surface area contributed by atoms with Crippen molar-refractivity contribution in [3.05, 3.63) is 76.9 Å². The Morgan fingerprint density at radius 2 is 1.79 bits per heavy atom. The van der Waals surface area contributed by atoms with Crippen LogP contribution in [0.4, 0.5) is 0 Å². The lowest BCUT2D eigenvalue weighted by molar-refractivity contribution is 0.129. The first-order valence-electron chi connectivity index (χ1n) is 11.4. The molecule has 184 valence electrons. The van der Waals surface area contributed by atoms with Crippen molar-refractivity contribution in [2.45, 2.75) is 66.3 Å². The maximum absolute atomic E-state index is 6.21. The lowest BCUT2D eigenvalue weighted by atomic mass is 10.1. The third kappa shape index (κ3) is 8.00. The maximum atomic E-state index is 6.21. The van der Waals surface area contributed by atoms with Crippen molar-refractivity contribution >= 4 is 29.9 Å². The summed E-state index contributed by atoms with van der Waals surface area (Å²) in [5, 5.41) is 15.3. The predicted molar refractivity (Wildman–Crippen MR) is 149 cm³/mol. The minimum absolute atomic E-state index is 0. The van der Waals surface area contributed by atoms with Gasteiger partial charge < -0.3 is 19.9 Å². The number of nitrogens with zero attached hydrogens (tertiary/aromatic N) is 4. The van der Waals surface area contributed by atoms with Crippen molar-refractivity contribution < 1.29 is 4.74 Å². The van der Waals surface area contributed by atoms with Gasteiger partial charge in [0.2, 0.25) is 0 Å². The Bertz CT molecular complexity index is 1090. The van der Waals surface area contributed by atoms with Gasteiger partial charge in [-0.2, -0.15) is 0 Å². The van der Waals surface area contributed by atoms with E-state index in [0.29, 0.717) is 19.0 Å². The molecule has 1 unspecified atom stereocenters.